The van der Waals surface area contributed by atoms with Crippen LogP contribution >= 0.6 is 11.8 Å². The molecule has 70 valence electrons. The molecule has 0 bridgehead atoms. The van der Waals surface area contributed by atoms with Gasteiger partial charge in [-0.3, -0.25) is 4.98 Å². The first-order valence-electron chi connectivity index (χ1n) is 4.83. The summed E-state index contributed by atoms with van der Waals surface area (Å²) in [5.74, 6) is 3.00. The maximum atomic E-state index is 4.48. The Labute approximate surface area is 84.0 Å². The van der Waals surface area contributed by atoms with Crippen molar-refractivity contribution in [1.29, 1.82) is 0 Å². The summed E-state index contributed by atoms with van der Waals surface area (Å²) in [4.78, 5) is 4.48. The maximum absolute atomic E-state index is 4.48. The largest absolute Gasteiger partial charge is 0.261 e. The van der Waals surface area contributed by atoms with Crippen molar-refractivity contribution in [1.82, 2.24) is 4.98 Å². The van der Waals surface area contributed by atoms with Gasteiger partial charge in [0.25, 0.3) is 0 Å². The molecule has 0 aliphatic carbocycles. The van der Waals surface area contributed by atoms with Gasteiger partial charge in [-0.15, -0.1) is 0 Å². The fourth-order valence-corrected chi connectivity index (χ4v) is 2.85. The van der Waals surface area contributed by atoms with E-state index in [0.717, 1.165) is 5.75 Å². The van der Waals surface area contributed by atoms with Gasteiger partial charge < -0.3 is 0 Å². The third-order valence-electron chi connectivity index (χ3n) is 2.50. The van der Waals surface area contributed by atoms with Gasteiger partial charge in [0.05, 0.1) is 0 Å². The van der Waals surface area contributed by atoms with Crippen LogP contribution in [0.15, 0.2) is 12.3 Å². The molecular formula is C11H15NS. The molecule has 0 radical (unpaired) electrons. The SMILES string of the molecule is CC(C)c1nccc2c1CSCC2. The van der Waals surface area contributed by atoms with E-state index in [4.69, 9.17) is 0 Å². The Kier molecular flexibility index (Phi) is 2.58. The van der Waals surface area contributed by atoms with Gasteiger partial charge in [-0.05, 0) is 35.3 Å². The van der Waals surface area contributed by atoms with Crippen molar-refractivity contribution in [3.05, 3.63) is 29.1 Å². The zero-order valence-corrected chi connectivity index (χ0v) is 9.03. The first-order valence-corrected chi connectivity index (χ1v) is 5.99. The van der Waals surface area contributed by atoms with E-state index in [9.17, 15) is 0 Å². The molecule has 1 nitrogen and oxygen atoms in total. The molecule has 13 heavy (non-hydrogen) atoms. The van der Waals surface area contributed by atoms with E-state index < -0.39 is 0 Å². The van der Waals surface area contributed by atoms with Gasteiger partial charge in [-0.1, -0.05) is 13.8 Å². The monoisotopic (exact) mass is 193 g/mol. The Morgan fingerprint density at radius 1 is 1.46 bits per heavy atom. The van der Waals surface area contributed by atoms with Crippen LogP contribution in [0.4, 0.5) is 0 Å². The highest BCUT2D eigenvalue weighted by molar-refractivity contribution is 7.98. The van der Waals surface area contributed by atoms with Gasteiger partial charge in [0.15, 0.2) is 0 Å². The molecule has 0 N–H and O–H groups in total. The van der Waals surface area contributed by atoms with Crippen LogP contribution in [0.25, 0.3) is 0 Å². The second-order valence-corrected chi connectivity index (χ2v) is 4.90. The van der Waals surface area contributed by atoms with E-state index in [-0.39, 0.29) is 0 Å². The molecule has 1 aliphatic heterocycles. The van der Waals surface area contributed by atoms with Crippen molar-refractivity contribution < 1.29 is 0 Å². The lowest BCUT2D eigenvalue weighted by Gasteiger charge is -2.19. The third-order valence-corrected chi connectivity index (χ3v) is 3.48. The predicted molar refractivity (Wildman–Crippen MR) is 58.2 cm³/mol. The predicted octanol–water partition coefficient (Wildman–Crippen LogP) is 2.99. The molecule has 0 spiro atoms. The number of aromatic nitrogens is 1. The standard InChI is InChI=1S/C11H15NS/c1-8(2)11-10-7-13-6-4-9(10)3-5-12-11/h3,5,8H,4,6-7H2,1-2H3. The minimum atomic E-state index is 0.564. The molecular weight excluding hydrogens is 178 g/mol. The van der Waals surface area contributed by atoms with Gasteiger partial charge in [-0.25, -0.2) is 0 Å². The van der Waals surface area contributed by atoms with Crippen molar-refractivity contribution in [3.63, 3.8) is 0 Å². The molecule has 0 saturated heterocycles. The van der Waals surface area contributed by atoms with Crippen LogP contribution in [0, 0.1) is 0 Å². The zero-order chi connectivity index (χ0) is 9.26. The minimum absolute atomic E-state index is 0.564. The van der Waals surface area contributed by atoms with Gasteiger partial charge in [-0.2, -0.15) is 11.8 Å². The fraction of sp³-hybridized carbons (Fsp3) is 0.545. The summed E-state index contributed by atoms with van der Waals surface area (Å²) < 4.78 is 0. The van der Waals surface area contributed by atoms with E-state index >= 15 is 0 Å². The summed E-state index contributed by atoms with van der Waals surface area (Å²) in [7, 11) is 0. The fourth-order valence-electron chi connectivity index (χ4n) is 1.81. The average Bonchev–Trinajstić information content (AvgIpc) is 2.17. The zero-order valence-electron chi connectivity index (χ0n) is 8.21. The van der Waals surface area contributed by atoms with Gasteiger partial charge >= 0.3 is 0 Å². The number of hydrogen-bond acceptors (Lipinski definition) is 2. The molecule has 0 amide bonds. The number of thioether (sulfide) groups is 1. The molecule has 2 heteroatoms. The van der Waals surface area contributed by atoms with E-state index in [1.165, 1.54) is 29.0 Å². The lowest BCUT2D eigenvalue weighted by atomic mass is 9.99. The first kappa shape index (κ1) is 9.07. The highest BCUT2D eigenvalue weighted by Crippen LogP contribution is 2.29. The van der Waals surface area contributed by atoms with Crippen molar-refractivity contribution in [3.8, 4) is 0 Å². The highest BCUT2D eigenvalue weighted by atomic mass is 32.2. The number of aryl methyl sites for hydroxylation is 1. The summed E-state index contributed by atoms with van der Waals surface area (Å²) in [6.45, 7) is 4.45. The summed E-state index contributed by atoms with van der Waals surface area (Å²) in [5, 5.41) is 0. The van der Waals surface area contributed by atoms with Gasteiger partial charge in [0.2, 0.25) is 0 Å². The quantitative estimate of drug-likeness (QED) is 0.680. The second-order valence-electron chi connectivity index (χ2n) is 3.79. The molecule has 0 aromatic carbocycles. The molecule has 2 heterocycles. The average molecular weight is 193 g/mol. The molecule has 0 fully saturated rings. The van der Waals surface area contributed by atoms with E-state index in [2.05, 4.69) is 24.9 Å². The van der Waals surface area contributed by atoms with Crippen LogP contribution in [0.5, 0.6) is 0 Å². The van der Waals surface area contributed by atoms with E-state index in [0.29, 0.717) is 5.92 Å². The molecule has 0 unspecified atom stereocenters. The van der Waals surface area contributed by atoms with Crippen molar-refractivity contribution in [2.75, 3.05) is 5.75 Å². The summed E-state index contributed by atoms with van der Waals surface area (Å²) in [6, 6.07) is 2.18. The molecule has 1 aromatic rings. The molecule has 0 saturated carbocycles. The number of hydrogen-bond donors (Lipinski definition) is 0. The number of fused-ring (bicyclic) bond motifs is 1. The van der Waals surface area contributed by atoms with E-state index in [1.807, 2.05) is 18.0 Å². The molecule has 1 aliphatic rings. The van der Waals surface area contributed by atoms with Crippen LogP contribution in [-0.4, -0.2) is 10.7 Å². The smallest absolute Gasteiger partial charge is 0.0472 e. The van der Waals surface area contributed by atoms with E-state index in [1.54, 1.807) is 0 Å². The Morgan fingerprint density at radius 3 is 3.08 bits per heavy atom. The molecule has 2 rings (SSSR count). The van der Waals surface area contributed by atoms with Crippen LogP contribution in [0.2, 0.25) is 0 Å². The maximum Gasteiger partial charge on any atom is 0.0472 e. The second kappa shape index (κ2) is 3.70. The molecule has 1 aromatic heterocycles. The summed E-state index contributed by atoms with van der Waals surface area (Å²) in [6.07, 6.45) is 3.19. The van der Waals surface area contributed by atoms with Gasteiger partial charge in [0, 0.05) is 17.6 Å². The normalized spacial score (nSPS) is 15.9. The number of pyridine rings is 1. The number of rotatable bonds is 1. The first-order chi connectivity index (χ1) is 6.29. The van der Waals surface area contributed by atoms with Crippen molar-refractivity contribution in [2.24, 2.45) is 0 Å². The van der Waals surface area contributed by atoms with Gasteiger partial charge in [0.1, 0.15) is 0 Å². The Hall–Kier alpha value is -0.500. The third kappa shape index (κ3) is 1.73. The Bertz CT molecular complexity index is 307. The van der Waals surface area contributed by atoms with Crippen molar-refractivity contribution in [2.45, 2.75) is 31.9 Å². The topological polar surface area (TPSA) is 12.9 Å². The molecule has 0 atom stereocenters. The van der Waals surface area contributed by atoms with Crippen LogP contribution < -0.4 is 0 Å². The van der Waals surface area contributed by atoms with Crippen LogP contribution in [0.1, 0.15) is 36.6 Å². The lowest BCUT2D eigenvalue weighted by Crippen LogP contribution is -2.08. The lowest BCUT2D eigenvalue weighted by molar-refractivity contribution is 0.800. The highest BCUT2D eigenvalue weighted by Gasteiger charge is 2.15. The minimum Gasteiger partial charge on any atom is -0.261 e. The number of nitrogens with zero attached hydrogens (tertiary/aromatic N) is 1. The van der Waals surface area contributed by atoms with Crippen molar-refractivity contribution >= 4 is 11.8 Å². The summed E-state index contributed by atoms with van der Waals surface area (Å²) in [5.41, 5.74) is 4.34. The summed E-state index contributed by atoms with van der Waals surface area (Å²) >= 11 is 2.03. The Morgan fingerprint density at radius 2 is 2.31 bits per heavy atom. The van der Waals surface area contributed by atoms with Crippen LogP contribution in [0.3, 0.4) is 0 Å². The Balaban J connectivity index is 2.46. The van der Waals surface area contributed by atoms with Crippen LogP contribution in [-0.2, 0) is 12.2 Å².